The van der Waals surface area contributed by atoms with Gasteiger partial charge in [-0.1, -0.05) is 36.4 Å². The lowest BCUT2D eigenvalue weighted by Gasteiger charge is -2.23. The first-order valence-corrected chi connectivity index (χ1v) is 11.6. The van der Waals surface area contributed by atoms with E-state index in [2.05, 4.69) is 51.6 Å². The molecule has 1 amide bonds. The molecule has 6 heteroatoms. The Balaban J connectivity index is 1.23. The number of guanidine groups is 1. The second-order valence-corrected chi connectivity index (χ2v) is 8.61. The third-order valence-electron chi connectivity index (χ3n) is 6.59. The molecule has 2 aliphatic heterocycles. The summed E-state index contributed by atoms with van der Waals surface area (Å²) in [5, 5.41) is 4.66. The fourth-order valence-electron chi connectivity index (χ4n) is 4.95. The Labute approximate surface area is 188 Å². The van der Waals surface area contributed by atoms with E-state index in [4.69, 9.17) is 4.42 Å². The number of furan rings is 1. The zero-order chi connectivity index (χ0) is 21.9. The van der Waals surface area contributed by atoms with Crippen LogP contribution in [0.1, 0.15) is 36.5 Å². The molecule has 1 aromatic heterocycles. The van der Waals surface area contributed by atoms with Crippen LogP contribution < -0.4 is 10.2 Å². The number of anilines is 1. The highest BCUT2D eigenvalue weighted by molar-refractivity contribution is 5.98. The van der Waals surface area contributed by atoms with E-state index in [-0.39, 0.29) is 0 Å². The van der Waals surface area contributed by atoms with E-state index < -0.39 is 0 Å². The maximum atomic E-state index is 12.0. The van der Waals surface area contributed by atoms with Gasteiger partial charge < -0.3 is 19.5 Å². The van der Waals surface area contributed by atoms with Crippen LogP contribution in [-0.4, -0.2) is 50.0 Å². The maximum Gasteiger partial charge on any atom is 0.222 e. The number of rotatable bonds is 6. The summed E-state index contributed by atoms with van der Waals surface area (Å²) in [6.07, 6.45) is 3.47. The molecule has 1 fully saturated rings. The molecular formula is C26H30N4O2. The third kappa shape index (κ3) is 4.09. The van der Waals surface area contributed by atoms with Crippen LogP contribution in [0, 0.1) is 0 Å². The summed E-state index contributed by atoms with van der Waals surface area (Å²) in [6, 6.07) is 18.8. The summed E-state index contributed by atoms with van der Waals surface area (Å²) in [5.41, 5.74) is 3.49. The summed E-state index contributed by atoms with van der Waals surface area (Å²) in [7, 11) is 1.84. The Morgan fingerprint density at radius 3 is 2.84 bits per heavy atom. The number of amides is 1. The number of nitrogens with one attached hydrogen (secondary N) is 1. The van der Waals surface area contributed by atoms with Gasteiger partial charge in [0.1, 0.15) is 11.3 Å². The molecule has 1 unspecified atom stereocenters. The van der Waals surface area contributed by atoms with E-state index in [1.54, 1.807) is 0 Å². The summed E-state index contributed by atoms with van der Waals surface area (Å²) in [6.45, 7) is 3.37. The normalized spacial score (nSPS) is 18.6. The molecule has 1 N–H and O–H groups in total. The topological polar surface area (TPSA) is 61.1 Å². The lowest BCUT2D eigenvalue weighted by atomic mass is 9.98. The molecule has 0 spiro atoms. The number of carbonyl (C=O) groups is 1. The fourth-order valence-corrected chi connectivity index (χ4v) is 4.95. The number of para-hydroxylation sites is 2. The minimum atomic E-state index is 0.302. The Hall–Kier alpha value is -3.28. The van der Waals surface area contributed by atoms with E-state index >= 15 is 0 Å². The van der Waals surface area contributed by atoms with E-state index in [0.717, 1.165) is 68.1 Å². The van der Waals surface area contributed by atoms with Gasteiger partial charge in [0.05, 0.1) is 0 Å². The van der Waals surface area contributed by atoms with Crippen molar-refractivity contribution in [3.63, 3.8) is 0 Å². The fraction of sp³-hybridized carbons (Fsp3) is 0.385. The smallest absolute Gasteiger partial charge is 0.222 e. The molecule has 0 aliphatic carbocycles. The lowest BCUT2D eigenvalue weighted by Crippen LogP contribution is -2.42. The van der Waals surface area contributed by atoms with Crippen LogP contribution in [0.5, 0.6) is 0 Å². The number of aliphatic imine (C=N–C) groups is 1. The van der Waals surface area contributed by atoms with Gasteiger partial charge in [0.25, 0.3) is 0 Å². The number of likely N-dealkylation sites (tertiary alicyclic amines) is 1. The summed E-state index contributed by atoms with van der Waals surface area (Å²) < 4.78 is 5.95. The predicted octanol–water partition coefficient (Wildman–Crippen LogP) is 4.17. The molecule has 0 bridgehead atoms. The minimum Gasteiger partial charge on any atom is -0.461 e. The van der Waals surface area contributed by atoms with Gasteiger partial charge in [-0.2, -0.15) is 0 Å². The van der Waals surface area contributed by atoms with Gasteiger partial charge in [-0.15, -0.1) is 0 Å². The molecular weight excluding hydrogens is 400 g/mol. The quantitative estimate of drug-likeness (QED) is 0.471. The first-order valence-electron chi connectivity index (χ1n) is 11.6. The number of nitrogens with zero attached hydrogens (tertiary/aromatic N) is 3. The van der Waals surface area contributed by atoms with Crippen LogP contribution in [0.4, 0.5) is 5.69 Å². The van der Waals surface area contributed by atoms with Gasteiger partial charge >= 0.3 is 0 Å². The molecule has 5 rings (SSSR count). The lowest BCUT2D eigenvalue weighted by molar-refractivity contribution is -0.127. The van der Waals surface area contributed by atoms with Crippen LogP contribution >= 0.6 is 0 Å². The van der Waals surface area contributed by atoms with Crippen LogP contribution in [0.25, 0.3) is 11.0 Å². The molecule has 166 valence electrons. The van der Waals surface area contributed by atoms with Crippen LogP contribution in [0.2, 0.25) is 0 Å². The molecule has 3 aromatic rings. The Morgan fingerprint density at radius 1 is 1.19 bits per heavy atom. The number of hydrogen-bond donors (Lipinski definition) is 1. The van der Waals surface area contributed by atoms with Crippen molar-refractivity contribution < 1.29 is 9.21 Å². The average molecular weight is 431 g/mol. The maximum absolute atomic E-state index is 12.0. The van der Waals surface area contributed by atoms with Gasteiger partial charge in [0, 0.05) is 63.1 Å². The van der Waals surface area contributed by atoms with Crippen molar-refractivity contribution in [2.45, 2.75) is 31.6 Å². The van der Waals surface area contributed by atoms with E-state index in [9.17, 15) is 4.79 Å². The minimum absolute atomic E-state index is 0.302. The summed E-state index contributed by atoms with van der Waals surface area (Å²) in [5.74, 6) is 2.56. The summed E-state index contributed by atoms with van der Waals surface area (Å²) >= 11 is 0. The van der Waals surface area contributed by atoms with Crippen LogP contribution in [-0.2, 0) is 11.2 Å². The van der Waals surface area contributed by atoms with E-state index in [0.29, 0.717) is 18.2 Å². The number of benzene rings is 2. The first kappa shape index (κ1) is 20.6. The molecule has 0 radical (unpaired) electrons. The monoisotopic (exact) mass is 430 g/mol. The Morgan fingerprint density at radius 2 is 2.03 bits per heavy atom. The highest BCUT2D eigenvalue weighted by Gasteiger charge is 2.32. The average Bonchev–Trinajstić information content (AvgIpc) is 3.52. The molecule has 3 heterocycles. The molecule has 6 nitrogen and oxygen atoms in total. The van der Waals surface area contributed by atoms with Crippen molar-refractivity contribution in [2.24, 2.45) is 4.99 Å². The molecule has 0 saturated carbocycles. The van der Waals surface area contributed by atoms with Gasteiger partial charge in [0.15, 0.2) is 5.96 Å². The van der Waals surface area contributed by atoms with Gasteiger partial charge in [-0.05, 0) is 36.6 Å². The predicted molar refractivity (Wildman–Crippen MR) is 128 cm³/mol. The van der Waals surface area contributed by atoms with Crippen LogP contribution in [0.15, 0.2) is 64.0 Å². The number of hydrogen-bond acceptors (Lipinski definition) is 3. The van der Waals surface area contributed by atoms with E-state index in [1.807, 2.05) is 30.1 Å². The largest absolute Gasteiger partial charge is 0.461 e. The van der Waals surface area contributed by atoms with Crippen molar-refractivity contribution >= 4 is 28.5 Å². The van der Waals surface area contributed by atoms with Gasteiger partial charge in [-0.3, -0.25) is 9.79 Å². The first-order chi connectivity index (χ1) is 15.7. The Kier molecular flexibility index (Phi) is 5.84. The molecule has 2 aromatic carbocycles. The van der Waals surface area contributed by atoms with Crippen molar-refractivity contribution in [3.8, 4) is 0 Å². The van der Waals surface area contributed by atoms with Crippen LogP contribution in [0.3, 0.4) is 0 Å². The SMILES string of the molecule is CN=C(NCCc1cc2ccccc2o1)N1CC(CCN2CCCC2=O)c2ccccc21. The zero-order valence-electron chi connectivity index (χ0n) is 18.6. The number of carbonyl (C=O) groups excluding carboxylic acids is 1. The molecule has 1 saturated heterocycles. The summed E-state index contributed by atoms with van der Waals surface area (Å²) in [4.78, 5) is 20.9. The molecule has 1 atom stereocenters. The Bertz CT molecular complexity index is 1100. The van der Waals surface area contributed by atoms with Crippen molar-refractivity contribution in [3.05, 3.63) is 65.9 Å². The van der Waals surface area contributed by atoms with Crippen molar-refractivity contribution in [1.29, 1.82) is 0 Å². The van der Waals surface area contributed by atoms with Crippen molar-refractivity contribution in [1.82, 2.24) is 10.2 Å². The molecule has 32 heavy (non-hydrogen) atoms. The van der Waals surface area contributed by atoms with Gasteiger partial charge in [0.2, 0.25) is 5.91 Å². The molecule has 2 aliphatic rings. The third-order valence-corrected chi connectivity index (χ3v) is 6.59. The second kappa shape index (κ2) is 9.07. The second-order valence-electron chi connectivity index (χ2n) is 8.61. The standard InChI is InChI=1S/C26H30N4O2/c1-27-26(28-14-12-21-17-19-7-2-5-10-24(19)32-21)30-18-20(22-8-3-4-9-23(22)30)13-16-29-15-6-11-25(29)31/h2-5,7-10,17,20H,6,11-16,18H2,1H3,(H,27,28). The van der Waals surface area contributed by atoms with Gasteiger partial charge in [-0.25, -0.2) is 0 Å². The number of fused-ring (bicyclic) bond motifs is 2. The highest BCUT2D eigenvalue weighted by atomic mass is 16.3. The highest BCUT2D eigenvalue weighted by Crippen LogP contribution is 2.38. The van der Waals surface area contributed by atoms with E-state index in [1.165, 1.54) is 11.3 Å². The van der Waals surface area contributed by atoms with Crippen molar-refractivity contribution in [2.75, 3.05) is 38.1 Å². The zero-order valence-corrected chi connectivity index (χ0v) is 18.6.